The van der Waals surface area contributed by atoms with Gasteiger partial charge in [-0.2, -0.15) is 0 Å². The van der Waals surface area contributed by atoms with E-state index in [0.29, 0.717) is 12.6 Å². The van der Waals surface area contributed by atoms with Crippen LogP contribution >= 0.6 is 0 Å². The van der Waals surface area contributed by atoms with E-state index in [1.54, 1.807) is 0 Å². The summed E-state index contributed by atoms with van der Waals surface area (Å²) in [5, 5.41) is 9.12. The fourth-order valence-corrected chi connectivity index (χ4v) is 2.17. The number of nitrogens with two attached hydrogens (primary N) is 1. The molecule has 1 saturated carbocycles. The third-order valence-electron chi connectivity index (χ3n) is 3.44. The molecule has 0 unspecified atom stereocenters. The fourth-order valence-electron chi connectivity index (χ4n) is 2.17. The molecule has 0 spiro atoms. The van der Waals surface area contributed by atoms with Gasteiger partial charge in [0.2, 0.25) is 0 Å². The average Bonchev–Trinajstić information content (AvgIpc) is 2.19. The number of nitrogens with zero attached hydrogens (tertiary/aromatic N) is 1. The summed E-state index contributed by atoms with van der Waals surface area (Å²) in [6, 6.07) is 6.73. The standard InChI is InChI=1S/C13H20N2O/c1-10-9-12(5-6-13(10)14)15(7-8-16)11-3-2-4-11/h5-6,9,11,16H,2-4,7-8,14H2,1H3. The van der Waals surface area contributed by atoms with Crippen molar-refractivity contribution in [2.24, 2.45) is 0 Å². The van der Waals surface area contributed by atoms with Gasteiger partial charge >= 0.3 is 0 Å². The number of rotatable bonds is 4. The molecule has 0 amide bonds. The third-order valence-corrected chi connectivity index (χ3v) is 3.44. The molecule has 88 valence electrons. The van der Waals surface area contributed by atoms with Crippen molar-refractivity contribution in [2.75, 3.05) is 23.8 Å². The lowest BCUT2D eigenvalue weighted by Crippen LogP contribution is -2.42. The molecule has 1 aliphatic carbocycles. The maximum absolute atomic E-state index is 9.12. The van der Waals surface area contributed by atoms with E-state index >= 15 is 0 Å². The zero-order chi connectivity index (χ0) is 11.5. The van der Waals surface area contributed by atoms with Gasteiger partial charge in [0.25, 0.3) is 0 Å². The molecular weight excluding hydrogens is 200 g/mol. The molecule has 0 atom stereocenters. The van der Waals surface area contributed by atoms with Crippen LogP contribution in [0.1, 0.15) is 24.8 Å². The molecule has 1 aromatic rings. The lowest BCUT2D eigenvalue weighted by Gasteiger charge is -2.39. The first-order chi connectivity index (χ1) is 7.72. The van der Waals surface area contributed by atoms with Gasteiger partial charge in [-0.05, 0) is 49.9 Å². The second-order valence-electron chi connectivity index (χ2n) is 4.54. The average molecular weight is 220 g/mol. The Morgan fingerprint density at radius 3 is 2.69 bits per heavy atom. The molecule has 16 heavy (non-hydrogen) atoms. The molecule has 0 bridgehead atoms. The Kier molecular flexibility index (Phi) is 3.34. The van der Waals surface area contributed by atoms with Crippen LogP contribution in [0.4, 0.5) is 11.4 Å². The van der Waals surface area contributed by atoms with Crippen molar-refractivity contribution in [3.8, 4) is 0 Å². The van der Waals surface area contributed by atoms with Crippen LogP contribution in [0.3, 0.4) is 0 Å². The Bertz CT molecular complexity index is 361. The lowest BCUT2D eigenvalue weighted by molar-refractivity contribution is 0.283. The van der Waals surface area contributed by atoms with Crippen molar-refractivity contribution in [1.82, 2.24) is 0 Å². The van der Waals surface area contributed by atoms with E-state index in [-0.39, 0.29) is 6.61 Å². The first-order valence-corrected chi connectivity index (χ1v) is 5.96. The van der Waals surface area contributed by atoms with Crippen LogP contribution in [0.15, 0.2) is 18.2 Å². The number of hydrogen-bond acceptors (Lipinski definition) is 3. The molecule has 0 aromatic heterocycles. The van der Waals surface area contributed by atoms with Gasteiger partial charge in [-0.25, -0.2) is 0 Å². The number of aliphatic hydroxyl groups is 1. The monoisotopic (exact) mass is 220 g/mol. The Labute approximate surface area is 96.9 Å². The number of hydrogen-bond donors (Lipinski definition) is 2. The highest BCUT2D eigenvalue weighted by Gasteiger charge is 2.24. The van der Waals surface area contributed by atoms with Crippen LogP contribution in [0, 0.1) is 6.92 Å². The Hall–Kier alpha value is -1.22. The SMILES string of the molecule is Cc1cc(N(CCO)C2CCC2)ccc1N. The number of benzene rings is 1. The zero-order valence-electron chi connectivity index (χ0n) is 9.82. The second-order valence-corrected chi connectivity index (χ2v) is 4.54. The predicted molar refractivity (Wildman–Crippen MR) is 67.7 cm³/mol. The topological polar surface area (TPSA) is 49.5 Å². The maximum Gasteiger partial charge on any atom is 0.0606 e. The Morgan fingerprint density at radius 2 is 2.19 bits per heavy atom. The molecule has 2 rings (SSSR count). The highest BCUT2D eigenvalue weighted by atomic mass is 16.3. The highest BCUT2D eigenvalue weighted by Crippen LogP contribution is 2.30. The summed E-state index contributed by atoms with van der Waals surface area (Å²) in [4.78, 5) is 2.30. The summed E-state index contributed by atoms with van der Waals surface area (Å²) < 4.78 is 0. The van der Waals surface area contributed by atoms with E-state index in [1.165, 1.54) is 24.9 Å². The van der Waals surface area contributed by atoms with E-state index in [0.717, 1.165) is 11.3 Å². The lowest BCUT2D eigenvalue weighted by atomic mass is 9.91. The first-order valence-electron chi connectivity index (χ1n) is 5.96. The van der Waals surface area contributed by atoms with Gasteiger partial charge in [-0.3, -0.25) is 0 Å². The number of nitrogen functional groups attached to an aromatic ring is 1. The van der Waals surface area contributed by atoms with E-state index in [9.17, 15) is 0 Å². The molecule has 3 N–H and O–H groups in total. The largest absolute Gasteiger partial charge is 0.399 e. The summed E-state index contributed by atoms with van der Waals surface area (Å²) in [6.07, 6.45) is 3.79. The van der Waals surface area contributed by atoms with Crippen molar-refractivity contribution in [1.29, 1.82) is 0 Å². The van der Waals surface area contributed by atoms with Crippen molar-refractivity contribution >= 4 is 11.4 Å². The molecule has 3 nitrogen and oxygen atoms in total. The molecule has 3 heteroatoms. The summed E-state index contributed by atoms with van der Waals surface area (Å²) in [5.41, 5.74) is 8.95. The fraction of sp³-hybridized carbons (Fsp3) is 0.538. The van der Waals surface area contributed by atoms with Crippen LogP contribution < -0.4 is 10.6 Å². The molecule has 0 heterocycles. The first kappa shape index (κ1) is 11.3. The smallest absolute Gasteiger partial charge is 0.0606 e. The normalized spacial score (nSPS) is 15.9. The molecule has 1 aliphatic rings. The summed E-state index contributed by atoms with van der Waals surface area (Å²) >= 11 is 0. The molecule has 1 aromatic carbocycles. The minimum atomic E-state index is 0.208. The summed E-state index contributed by atoms with van der Waals surface area (Å²) in [7, 11) is 0. The number of anilines is 2. The van der Waals surface area contributed by atoms with E-state index < -0.39 is 0 Å². The summed E-state index contributed by atoms with van der Waals surface area (Å²) in [5.74, 6) is 0. The molecular formula is C13H20N2O. The zero-order valence-corrected chi connectivity index (χ0v) is 9.82. The van der Waals surface area contributed by atoms with Crippen LogP contribution in [-0.2, 0) is 0 Å². The molecule has 0 radical (unpaired) electrons. The quantitative estimate of drug-likeness (QED) is 0.762. The number of aliphatic hydroxyl groups excluding tert-OH is 1. The van der Waals surface area contributed by atoms with Crippen molar-refractivity contribution < 1.29 is 5.11 Å². The second kappa shape index (κ2) is 4.74. The predicted octanol–water partition coefficient (Wildman–Crippen LogP) is 1.93. The highest BCUT2D eigenvalue weighted by molar-refractivity contribution is 5.58. The Balaban J connectivity index is 2.20. The molecule has 0 saturated heterocycles. The van der Waals surface area contributed by atoms with Gasteiger partial charge in [0.05, 0.1) is 6.61 Å². The minimum absolute atomic E-state index is 0.208. The van der Waals surface area contributed by atoms with Crippen LogP contribution in [0.25, 0.3) is 0 Å². The van der Waals surface area contributed by atoms with Gasteiger partial charge in [0.15, 0.2) is 0 Å². The Morgan fingerprint density at radius 1 is 1.44 bits per heavy atom. The summed E-state index contributed by atoms with van der Waals surface area (Å²) in [6.45, 7) is 2.95. The van der Waals surface area contributed by atoms with Crippen molar-refractivity contribution in [3.05, 3.63) is 23.8 Å². The number of aryl methyl sites for hydroxylation is 1. The molecule has 1 fully saturated rings. The third kappa shape index (κ3) is 2.14. The van der Waals surface area contributed by atoms with Crippen LogP contribution in [0.5, 0.6) is 0 Å². The van der Waals surface area contributed by atoms with Gasteiger partial charge < -0.3 is 15.7 Å². The van der Waals surface area contributed by atoms with Crippen LogP contribution in [0.2, 0.25) is 0 Å². The van der Waals surface area contributed by atoms with E-state index in [4.69, 9.17) is 10.8 Å². The maximum atomic E-state index is 9.12. The van der Waals surface area contributed by atoms with Crippen molar-refractivity contribution in [2.45, 2.75) is 32.2 Å². The van der Waals surface area contributed by atoms with E-state index in [2.05, 4.69) is 17.0 Å². The van der Waals surface area contributed by atoms with Gasteiger partial charge in [-0.1, -0.05) is 0 Å². The van der Waals surface area contributed by atoms with E-state index in [1.807, 2.05) is 13.0 Å². The van der Waals surface area contributed by atoms with Gasteiger partial charge in [0.1, 0.15) is 0 Å². The van der Waals surface area contributed by atoms with Crippen molar-refractivity contribution in [3.63, 3.8) is 0 Å². The van der Waals surface area contributed by atoms with Gasteiger partial charge in [-0.15, -0.1) is 0 Å². The minimum Gasteiger partial charge on any atom is -0.399 e. The van der Waals surface area contributed by atoms with Crippen LogP contribution in [-0.4, -0.2) is 24.3 Å². The van der Waals surface area contributed by atoms with Gasteiger partial charge in [0, 0.05) is 24.0 Å². The molecule has 0 aliphatic heterocycles.